The van der Waals surface area contributed by atoms with Gasteiger partial charge in [0.15, 0.2) is 5.76 Å². The Morgan fingerprint density at radius 3 is 2.41 bits per heavy atom. The van der Waals surface area contributed by atoms with Crippen molar-refractivity contribution in [3.8, 4) is 0 Å². The maximum Gasteiger partial charge on any atom is 0.289 e. The Balaban J connectivity index is 1.62. The second-order valence-corrected chi connectivity index (χ2v) is 5.18. The lowest BCUT2D eigenvalue weighted by atomic mass is 10.2. The number of nitro benzene ring substituents is 1. The molecule has 1 amide bonds. The van der Waals surface area contributed by atoms with E-state index in [1.54, 1.807) is 29.2 Å². The molecule has 22 heavy (non-hydrogen) atoms. The van der Waals surface area contributed by atoms with Gasteiger partial charge in [-0.05, 0) is 12.1 Å². The summed E-state index contributed by atoms with van der Waals surface area (Å²) in [4.78, 5) is 25.4. The summed E-state index contributed by atoms with van der Waals surface area (Å²) in [6.45, 7) is 2.80. The van der Waals surface area contributed by atoms with Crippen LogP contribution in [0.25, 0.3) is 0 Å². The number of nitrogens with one attached hydrogen (secondary N) is 1. The highest BCUT2D eigenvalue weighted by Gasteiger charge is 2.27. The number of quaternary nitrogens is 1. The van der Waals surface area contributed by atoms with Crippen molar-refractivity contribution in [3.05, 3.63) is 58.5 Å². The number of non-ortho nitro benzene ring substituents is 1. The lowest BCUT2D eigenvalue weighted by Crippen LogP contribution is -3.10. The van der Waals surface area contributed by atoms with E-state index in [1.165, 1.54) is 23.3 Å². The van der Waals surface area contributed by atoms with Crippen molar-refractivity contribution in [1.29, 1.82) is 0 Å². The molecule has 1 aromatic carbocycles. The van der Waals surface area contributed by atoms with Crippen LogP contribution in [-0.2, 0) is 0 Å². The fourth-order valence-corrected chi connectivity index (χ4v) is 2.64. The van der Waals surface area contributed by atoms with Crippen LogP contribution in [0.4, 0.5) is 11.4 Å². The average Bonchev–Trinajstić information content (AvgIpc) is 3.09. The molecule has 1 aliphatic rings. The highest BCUT2D eigenvalue weighted by Crippen LogP contribution is 2.13. The Labute approximate surface area is 126 Å². The maximum absolute atomic E-state index is 12.2. The second-order valence-electron chi connectivity index (χ2n) is 5.18. The van der Waals surface area contributed by atoms with Gasteiger partial charge in [-0.2, -0.15) is 0 Å². The lowest BCUT2D eigenvalue weighted by molar-refractivity contribution is -0.837. The largest absolute Gasteiger partial charge is 0.459 e. The summed E-state index contributed by atoms with van der Waals surface area (Å²) in [5.41, 5.74) is 1.10. The van der Waals surface area contributed by atoms with E-state index in [2.05, 4.69) is 0 Å². The van der Waals surface area contributed by atoms with Gasteiger partial charge in [0, 0.05) is 24.3 Å². The van der Waals surface area contributed by atoms with Gasteiger partial charge in [-0.3, -0.25) is 19.8 Å². The molecule has 2 heterocycles. The molecule has 0 atom stereocenters. The van der Waals surface area contributed by atoms with Crippen LogP contribution < -0.4 is 4.90 Å². The standard InChI is InChI=1S/C15H15N3O4/c19-15(14-2-1-11-22-14)17-9-7-16(8-10-17)12-3-5-13(6-4-12)18(20)21/h1-6,11H,7-10H2/p+1. The van der Waals surface area contributed by atoms with Gasteiger partial charge in [-0.15, -0.1) is 0 Å². The number of nitrogens with zero attached hydrogens (tertiary/aromatic N) is 2. The first kappa shape index (κ1) is 14.3. The first-order valence-electron chi connectivity index (χ1n) is 7.07. The third-order valence-corrected chi connectivity index (χ3v) is 3.87. The van der Waals surface area contributed by atoms with Gasteiger partial charge >= 0.3 is 0 Å². The number of furan rings is 1. The summed E-state index contributed by atoms with van der Waals surface area (Å²) in [5.74, 6) is 0.270. The molecule has 0 saturated carbocycles. The quantitative estimate of drug-likeness (QED) is 0.673. The van der Waals surface area contributed by atoms with Crippen molar-refractivity contribution in [2.24, 2.45) is 0 Å². The topological polar surface area (TPSA) is 81.0 Å². The molecule has 0 spiro atoms. The molecule has 7 nitrogen and oxygen atoms in total. The van der Waals surface area contributed by atoms with E-state index in [9.17, 15) is 14.9 Å². The van der Waals surface area contributed by atoms with Crippen LogP contribution in [0.1, 0.15) is 10.6 Å². The molecule has 0 radical (unpaired) electrons. The highest BCUT2D eigenvalue weighted by molar-refractivity contribution is 5.91. The van der Waals surface area contributed by atoms with Crippen LogP contribution in [0, 0.1) is 10.1 Å². The third-order valence-electron chi connectivity index (χ3n) is 3.87. The predicted molar refractivity (Wildman–Crippen MR) is 78.1 cm³/mol. The zero-order chi connectivity index (χ0) is 15.5. The minimum absolute atomic E-state index is 0.0900. The number of hydrogen-bond acceptors (Lipinski definition) is 4. The van der Waals surface area contributed by atoms with Crippen molar-refractivity contribution in [1.82, 2.24) is 4.90 Å². The van der Waals surface area contributed by atoms with Gasteiger partial charge in [0.1, 0.15) is 5.69 Å². The molecule has 0 aliphatic carbocycles. The maximum atomic E-state index is 12.2. The van der Waals surface area contributed by atoms with E-state index in [0.717, 1.165) is 18.8 Å². The molecule has 1 N–H and O–H groups in total. The van der Waals surface area contributed by atoms with E-state index < -0.39 is 4.92 Å². The van der Waals surface area contributed by atoms with Gasteiger partial charge < -0.3 is 9.32 Å². The first-order valence-corrected chi connectivity index (χ1v) is 7.07. The lowest BCUT2D eigenvalue weighted by Gasteiger charge is -2.31. The fourth-order valence-electron chi connectivity index (χ4n) is 2.64. The molecule has 0 unspecified atom stereocenters. The Hall–Kier alpha value is -2.67. The van der Waals surface area contributed by atoms with Crippen molar-refractivity contribution < 1.29 is 19.0 Å². The third kappa shape index (κ3) is 2.84. The average molecular weight is 302 g/mol. The summed E-state index contributed by atoms with van der Waals surface area (Å²) in [6, 6.07) is 9.95. The minimum Gasteiger partial charge on any atom is -0.459 e. The van der Waals surface area contributed by atoms with Crippen LogP contribution in [0.2, 0.25) is 0 Å². The molecule has 7 heteroatoms. The van der Waals surface area contributed by atoms with E-state index in [-0.39, 0.29) is 11.6 Å². The minimum atomic E-state index is -0.404. The summed E-state index contributed by atoms with van der Waals surface area (Å²) in [5, 5.41) is 10.7. The van der Waals surface area contributed by atoms with Crippen LogP contribution in [-0.4, -0.2) is 41.9 Å². The first-order chi connectivity index (χ1) is 10.6. The van der Waals surface area contributed by atoms with Gasteiger partial charge in [0.05, 0.1) is 37.4 Å². The number of rotatable bonds is 3. The van der Waals surface area contributed by atoms with Gasteiger partial charge in [-0.1, -0.05) is 0 Å². The molecule has 0 bridgehead atoms. The second kappa shape index (κ2) is 5.98. The van der Waals surface area contributed by atoms with E-state index >= 15 is 0 Å². The van der Waals surface area contributed by atoms with Gasteiger partial charge in [-0.25, -0.2) is 0 Å². The summed E-state index contributed by atoms with van der Waals surface area (Å²) in [7, 11) is 0. The number of piperazine rings is 1. The van der Waals surface area contributed by atoms with Crippen LogP contribution in [0.3, 0.4) is 0 Å². The summed E-state index contributed by atoms with van der Waals surface area (Å²) < 4.78 is 5.13. The van der Waals surface area contributed by atoms with Crippen LogP contribution >= 0.6 is 0 Å². The molecule has 1 saturated heterocycles. The molecule has 1 fully saturated rings. The van der Waals surface area contributed by atoms with Crippen molar-refractivity contribution in [2.45, 2.75) is 0 Å². The van der Waals surface area contributed by atoms with E-state index in [4.69, 9.17) is 4.42 Å². The predicted octanol–water partition coefficient (Wildman–Crippen LogP) is 0.860. The Morgan fingerprint density at radius 1 is 1.18 bits per heavy atom. The Bertz CT molecular complexity index is 659. The van der Waals surface area contributed by atoms with Gasteiger partial charge in [0.2, 0.25) is 0 Å². The number of nitro groups is 1. The normalized spacial score (nSPS) is 15.7. The Kier molecular flexibility index (Phi) is 3.88. The highest BCUT2D eigenvalue weighted by atomic mass is 16.6. The number of carbonyl (C=O) groups is 1. The van der Waals surface area contributed by atoms with E-state index in [1.807, 2.05) is 0 Å². The van der Waals surface area contributed by atoms with Crippen molar-refractivity contribution in [2.75, 3.05) is 26.2 Å². The molecular weight excluding hydrogens is 286 g/mol. The molecule has 3 rings (SSSR count). The number of amides is 1. The van der Waals surface area contributed by atoms with Gasteiger partial charge in [0.25, 0.3) is 11.6 Å². The van der Waals surface area contributed by atoms with Crippen LogP contribution in [0.5, 0.6) is 0 Å². The van der Waals surface area contributed by atoms with Crippen molar-refractivity contribution >= 4 is 17.3 Å². The number of benzene rings is 1. The number of carbonyl (C=O) groups excluding carboxylic acids is 1. The SMILES string of the molecule is O=C(c1ccco1)N1CC[NH+](c2ccc([N+](=O)[O-])cc2)CC1. The molecule has 1 aliphatic heterocycles. The van der Waals surface area contributed by atoms with Crippen molar-refractivity contribution in [3.63, 3.8) is 0 Å². The zero-order valence-electron chi connectivity index (χ0n) is 11.9. The summed E-state index contributed by atoms with van der Waals surface area (Å²) >= 11 is 0. The smallest absolute Gasteiger partial charge is 0.289 e. The summed E-state index contributed by atoms with van der Waals surface area (Å²) in [6.07, 6.45) is 1.49. The molecule has 2 aromatic rings. The van der Waals surface area contributed by atoms with E-state index in [0.29, 0.717) is 18.8 Å². The molecular formula is C15H16N3O4+. The molecule has 114 valence electrons. The molecule has 1 aromatic heterocycles. The van der Waals surface area contributed by atoms with Crippen LogP contribution in [0.15, 0.2) is 47.1 Å². The zero-order valence-corrected chi connectivity index (χ0v) is 11.9. The fraction of sp³-hybridized carbons (Fsp3) is 0.267. The monoisotopic (exact) mass is 302 g/mol. The Morgan fingerprint density at radius 2 is 1.86 bits per heavy atom. The number of hydrogen-bond donors (Lipinski definition) is 1.